The first-order valence-electron chi connectivity index (χ1n) is 12.1. The van der Waals surface area contributed by atoms with Gasteiger partial charge in [0, 0.05) is 53.6 Å². The van der Waals surface area contributed by atoms with Gasteiger partial charge in [-0.2, -0.15) is 5.10 Å². The van der Waals surface area contributed by atoms with Crippen molar-refractivity contribution in [2.45, 2.75) is 25.9 Å². The lowest BCUT2D eigenvalue weighted by Gasteiger charge is -2.52. The Balaban J connectivity index is 1.19. The highest BCUT2D eigenvalue weighted by molar-refractivity contribution is 7.91. The average Bonchev–Trinajstić information content (AvgIpc) is 3.26. The van der Waals surface area contributed by atoms with Gasteiger partial charge in [-0.1, -0.05) is 23.2 Å². The molecule has 3 aromatic heterocycles. The van der Waals surface area contributed by atoms with Crippen molar-refractivity contribution >= 4 is 49.8 Å². The first-order chi connectivity index (χ1) is 17.7. The Bertz CT molecular complexity index is 1550. The van der Waals surface area contributed by atoms with Crippen molar-refractivity contribution in [1.82, 2.24) is 20.2 Å². The van der Waals surface area contributed by atoms with Crippen molar-refractivity contribution in [3.05, 3.63) is 64.5 Å². The van der Waals surface area contributed by atoms with Gasteiger partial charge in [0.05, 0.1) is 27.1 Å². The highest BCUT2D eigenvalue weighted by atomic mass is 35.5. The van der Waals surface area contributed by atoms with Crippen LogP contribution in [-0.2, 0) is 9.84 Å². The molecule has 2 aliphatic rings. The van der Waals surface area contributed by atoms with Crippen molar-refractivity contribution in [2.24, 2.45) is 5.41 Å². The largest absolute Gasteiger partial charge is 0.486 e. The molecule has 0 saturated carbocycles. The maximum absolute atomic E-state index is 11.8. The molecule has 0 unspecified atom stereocenters. The lowest BCUT2D eigenvalue weighted by Crippen LogP contribution is -2.59. The Kier molecular flexibility index (Phi) is 6.05. The van der Waals surface area contributed by atoms with Crippen molar-refractivity contribution in [2.75, 3.05) is 29.5 Å². The van der Waals surface area contributed by atoms with E-state index in [0.717, 1.165) is 53.9 Å². The van der Waals surface area contributed by atoms with Crippen LogP contribution in [0.2, 0.25) is 10.0 Å². The number of ether oxygens (including phenoxy) is 1. The van der Waals surface area contributed by atoms with E-state index in [-0.39, 0.29) is 11.5 Å². The van der Waals surface area contributed by atoms with Gasteiger partial charge in [0.25, 0.3) is 0 Å². The van der Waals surface area contributed by atoms with Gasteiger partial charge in [0.1, 0.15) is 33.2 Å². The summed E-state index contributed by atoms with van der Waals surface area (Å²) in [6.45, 7) is 3.59. The van der Waals surface area contributed by atoms with E-state index in [1.807, 2.05) is 43.5 Å². The van der Waals surface area contributed by atoms with E-state index in [1.165, 1.54) is 0 Å². The molecule has 0 aliphatic carbocycles. The normalized spacial score (nSPS) is 19.1. The highest BCUT2D eigenvalue weighted by Crippen LogP contribution is 2.43. The van der Waals surface area contributed by atoms with Crippen LogP contribution in [0.15, 0.2) is 48.9 Å². The minimum Gasteiger partial charge on any atom is -0.486 e. The minimum absolute atomic E-state index is 0.113. The average molecular weight is 558 g/mol. The standard InChI is InChI=1S/C26H25Cl2N5O3S/c1-16(24-20(27)12-29-13-21(24)28)36-18-3-4-22-19(10-18)25(32-31-22)17-2-5-23(30-11-17)33-14-26(15-33)6-8-37(34,35)9-7-26/h2-5,10-13,16H,6-9,14-15H2,1H3,(H,31,32)/t16-/m1/s1. The first kappa shape index (κ1) is 24.5. The molecule has 1 spiro atoms. The number of hydrogen-bond acceptors (Lipinski definition) is 7. The lowest BCUT2D eigenvalue weighted by molar-refractivity contribution is 0.188. The van der Waals surface area contributed by atoms with Crippen molar-refractivity contribution in [3.63, 3.8) is 0 Å². The number of benzene rings is 1. The van der Waals surface area contributed by atoms with Gasteiger partial charge in [0.15, 0.2) is 0 Å². The Morgan fingerprint density at radius 2 is 1.78 bits per heavy atom. The van der Waals surface area contributed by atoms with E-state index in [4.69, 9.17) is 27.9 Å². The van der Waals surface area contributed by atoms with Gasteiger partial charge in [-0.25, -0.2) is 13.4 Å². The van der Waals surface area contributed by atoms with Gasteiger partial charge in [0.2, 0.25) is 0 Å². The lowest BCUT2D eigenvalue weighted by atomic mass is 9.75. The summed E-state index contributed by atoms with van der Waals surface area (Å²) < 4.78 is 29.7. The maximum atomic E-state index is 11.8. The minimum atomic E-state index is -2.86. The number of nitrogens with zero attached hydrogens (tertiary/aromatic N) is 4. The van der Waals surface area contributed by atoms with E-state index in [9.17, 15) is 8.42 Å². The topological polar surface area (TPSA) is 101 Å². The summed E-state index contributed by atoms with van der Waals surface area (Å²) in [5.41, 5.74) is 3.36. The van der Waals surface area contributed by atoms with Crippen molar-refractivity contribution < 1.29 is 13.2 Å². The zero-order chi connectivity index (χ0) is 25.8. The molecule has 2 aliphatic heterocycles. The number of hydrogen-bond donors (Lipinski definition) is 1. The van der Waals surface area contributed by atoms with Gasteiger partial charge in [-0.3, -0.25) is 10.1 Å². The summed E-state index contributed by atoms with van der Waals surface area (Å²) in [5, 5.41) is 9.43. The van der Waals surface area contributed by atoms with E-state index < -0.39 is 9.84 Å². The summed E-state index contributed by atoms with van der Waals surface area (Å²) in [5.74, 6) is 2.15. The highest BCUT2D eigenvalue weighted by Gasteiger charge is 2.46. The number of aromatic nitrogens is 4. The third-order valence-electron chi connectivity index (χ3n) is 7.43. The fourth-order valence-corrected chi connectivity index (χ4v) is 7.65. The van der Waals surface area contributed by atoms with Crippen LogP contribution in [0.5, 0.6) is 5.75 Å². The number of rotatable bonds is 5. The Morgan fingerprint density at radius 3 is 2.46 bits per heavy atom. The molecule has 11 heteroatoms. The summed E-state index contributed by atoms with van der Waals surface area (Å²) in [6.07, 6.45) is 6.04. The zero-order valence-corrected chi connectivity index (χ0v) is 22.4. The molecule has 0 radical (unpaired) electrons. The number of anilines is 1. The Morgan fingerprint density at radius 1 is 1.05 bits per heavy atom. The number of H-pyrrole nitrogens is 1. The van der Waals surface area contributed by atoms with Crippen molar-refractivity contribution in [3.8, 4) is 17.0 Å². The van der Waals surface area contributed by atoms with Crippen LogP contribution in [0.4, 0.5) is 5.82 Å². The molecule has 192 valence electrons. The number of aromatic amines is 1. The second-order valence-electron chi connectivity index (χ2n) is 9.97. The molecular formula is C26H25Cl2N5O3S. The number of sulfone groups is 1. The molecule has 2 fully saturated rings. The molecule has 1 aromatic carbocycles. The number of fused-ring (bicyclic) bond motifs is 1. The summed E-state index contributed by atoms with van der Waals surface area (Å²) in [7, 11) is -2.86. The molecule has 6 rings (SSSR count). The number of nitrogens with one attached hydrogen (secondary N) is 1. The SMILES string of the molecule is C[C@@H](Oc1ccc2[nH]nc(-c3ccc(N4CC5(CCS(=O)(=O)CC5)C4)nc3)c2c1)c1c(Cl)cncc1Cl. The van der Waals surface area contributed by atoms with E-state index in [1.54, 1.807) is 12.4 Å². The van der Waals surface area contributed by atoms with Gasteiger partial charge >= 0.3 is 0 Å². The second kappa shape index (κ2) is 9.15. The third-order valence-corrected chi connectivity index (χ3v) is 9.68. The van der Waals surface area contributed by atoms with Gasteiger partial charge < -0.3 is 9.64 Å². The molecule has 2 saturated heterocycles. The third kappa shape index (κ3) is 4.64. The molecule has 37 heavy (non-hydrogen) atoms. The van der Waals surface area contributed by atoms with Crippen molar-refractivity contribution in [1.29, 1.82) is 0 Å². The quantitative estimate of drug-likeness (QED) is 0.346. The van der Waals surface area contributed by atoms with Crippen LogP contribution in [0.1, 0.15) is 31.4 Å². The molecule has 1 atom stereocenters. The fraction of sp³-hybridized carbons (Fsp3) is 0.346. The number of pyridine rings is 2. The van der Waals surface area contributed by atoms with Gasteiger partial charge in [-0.05, 0) is 50.1 Å². The van der Waals surface area contributed by atoms with Crippen LogP contribution >= 0.6 is 23.2 Å². The fourth-order valence-electron chi connectivity index (χ4n) is 5.29. The maximum Gasteiger partial charge on any atom is 0.150 e. The molecule has 4 aromatic rings. The molecular weight excluding hydrogens is 533 g/mol. The molecule has 8 nitrogen and oxygen atoms in total. The van der Waals surface area contributed by atoms with Crippen LogP contribution < -0.4 is 9.64 Å². The smallest absolute Gasteiger partial charge is 0.150 e. The van der Waals surface area contributed by atoms with Crippen LogP contribution in [-0.4, -0.2) is 53.2 Å². The molecule has 5 heterocycles. The number of halogens is 2. The Hall–Kier alpha value is -2.88. The van der Waals surface area contributed by atoms with E-state index in [0.29, 0.717) is 32.9 Å². The first-order valence-corrected chi connectivity index (χ1v) is 14.7. The van der Waals surface area contributed by atoms with E-state index in [2.05, 4.69) is 25.1 Å². The van der Waals surface area contributed by atoms with Gasteiger partial charge in [-0.15, -0.1) is 0 Å². The Labute approximate surface area is 224 Å². The van der Waals surface area contributed by atoms with Crippen LogP contribution in [0.3, 0.4) is 0 Å². The summed E-state index contributed by atoms with van der Waals surface area (Å²) in [6, 6.07) is 9.76. The zero-order valence-electron chi connectivity index (χ0n) is 20.1. The molecule has 1 N–H and O–H groups in total. The second-order valence-corrected chi connectivity index (χ2v) is 13.1. The van der Waals surface area contributed by atoms with E-state index >= 15 is 0 Å². The predicted octanol–water partition coefficient (Wildman–Crippen LogP) is 5.48. The monoisotopic (exact) mass is 557 g/mol. The summed E-state index contributed by atoms with van der Waals surface area (Å²) in [4.78, 5) is 10.9. The van der Waals surface area contributed by atoms with Crippen LogP contribution in [0, 0.1) is 5.41 Å². The summed E-state index contributed by atoms with van der Waals surface area (Å²) >= 11 is 12.6. The predicted molar refractivity (Wildman–Crippen MR) is 145 cm³/mol. The van der Waals surface area contributed by atoms with Crippen LogP contribution in [0.25, 0.3) is 22.2 Å². The molecule has 0 bridgehead atoms. The molecule has 0 amide bonds.